The van der Waals surface area contributed by atoms with Crippen LogP contribution in [0.2, 0.25) is 0 Å². The SMILES string of the molecule is CC(=O)Nc1ccc(CN(C(=O)CCC(=O)NN2CCN(c3ccccc3)CC2)c2ccccc2Oc2cccc(CN)c2)cc1. The zero-order valence-corrected chi connectivity index (χ0v) is 26.0. The van der Waals surface area contributed by atoms with Crippen molar-refractivity contribution >= 4 is 34.8 Å². The van der Waals surface area contributed by atoms with Gasteiger partial charge in [-0.15, -0.1) is 0 Å². The summed E-state index contributed by atoms with van der Waals surface area (Å²) >= 11 is 0. The molecule has 4 aromatic rings. The molecule has 4 N–H and O–H groups in total. The predicted octanol–water partition coefficient (Wildman–Crippen LogP) is 5.06. The summed E-state index contributed by atoms with van der Waals surface area (Å²) in [6.45, 7) is 5.03. The number of amides is 3. The zero-order valence-electron chi connectivity index (χ0n) is 26.0. The third-order valence-corrected chi connectivity index (χ3v) is 7.68. The molecule has 0 bridgehead atoms. The molecule has 0 saturated carbocycles. The first kappa shape index (κ1) is 32.2. The number of benzene rings is 4. The van der Waals surface area contributed by atoms with Crippen molar-refractivity contribution < 1.29 is 19.1 Å². The van der Waals surface area contributed by atoms with Crippen molar-refractivity contribution in [1.29, 1.82) is 0 Å². The molecule has 0 atom stereocenters. The number of hydrogen-bond acceptors (Lipinski definition) is 7. The van der Waals surface area contributed by atoms with Crippen LogP contribution in [0.15, 0.2) is 103 Å². The largest absolute Gasteiger partial charge is 0.455 e. The van der Waals surface area contributed by atoms with Gasteiger partial charge < -0.3 is 25.6 Å². The summed E-state index contributed by atoms with van der Waals surface area (Å²) in [6, 6.07) is 32.4. The van der Waals surface area contributed by atoms with Gasteiger partial charge in [-0.2, -0.15) is 0 Å². The molecule has 1 saturated heterocycles. The number of piperazine rings is 1. The Balaban J connectivity index is 1.27. The average Bonchev–Trinajstić information content (AvgIpc) is 3.08. The van der Waals surface area contributed by atoms with Crippen molar-refractivity contribution in [1.82, 2.24) is 10.4 Å². The fourth-order valence-corrected chi connectivity index (χ4v) is 5.32. The Morgan fingerprint density at radius 1 is 0.804 bits per heavy atom. The molecule has 4 aromatic carbocycles. The van der Waals surface area contributed by atoms with Crippen LogP contribution in [0.5, 0.6) is 11.5 Å². The van der Waals surface area contributed by atoms with Crippen molar-refractivity contribution in [2.45, 2.75) is 32.9 Å². The first-order chi connectivity index (χ1) is 22.4. The van der Waals surface area contributed by atoms with E-state index in [-0.39, 0.29) is 37.1 Å². The molecular formula is C36H40N6O4. The average molecular weight is 621 g/mol. The molecule has 0 spiro atoms. The number of nitrogens with one attached hydrogen (secondary N) is 2. The number of anilines is 3. The molecule has 0 unspecified atom stereocenters. The topological polar surface area (TPSA) is 120 Å². The minimum Gasteiger partial charge on any atom is -0.455 e. The maximum Gasteiger partial charge on any atom is 0.234 e. The van der Waals surface area contributed by atoms with Gasteiger partial charge in [0.1, 0.15) is 5.75 Å². The minimum atomic E-state index is -0.221. The lowest BCUT2D eigenvalue weighted by Gasteiger charge is -2.36. The van der Waals surface area contributed by atoms with Crippen LogP contribution in [-0.2, 0) is 27.5 Å². The Labute approximate surface area is 269 Å². The van der Waals surface area contributed by atoms with Gasteiger partial charge in [-0.3, -0.25) is 19.8 Å². The second-order valence-electron chi connectivity index (χ2n) is 11.1. The fourth-order valence-electron chi connectivity index (χ4n) is 5.32. The van der Waals surface area contributed by atoms with Gasteiger partial charge in [0.25, 0.3) is 0 Å². The van der Waals surface area contributed by atoms with E-state index in [2.05, 4.69) is 27.8 Å². The number of nitrogens with zero attached hydrogens (tertiary/aromatic N) is 3. The van der Waals surface area contributed by atoms with Crippen LogP contribution in [0, 0.1) is 0 Å². The van der Waals surface area contributed by atoms with E-state index in [0.29, 0.717) is 42.5 Å². The van der Waals surface area contributed by atoms with Crippen molar-refractivity contribution in [3.63, 3.8) is 0 Å². The predicted molar refractivity (Wildman–Crippen MR) is 180 cm³/mol. The third kappa shape index (κ3) is 8.93. The number of nitrogens with two attached hydrogens (primary N) is 1. The van der Waals surface area contributed by atoms with Gasteiger partial charge in [-0.05, 0) is 59.7 Å². The van der Waals surface area contributed by atoms with Crippen LogP contribution >= 0.6 is 0 Å². The molecular weight excluding hydrogens is 580 g/mol. The quantitative estimate of drug-likeness (QED) is 0.203. The lowest BCUT2D eigenvalue weighted by atomic mass is 10.1. The smallest absolute Gasteiger partial charge is 0.234 e. The first-order valence-corrected chi connectivity index (χ1v) is 15.4. The number of ether oxygens (including phenoxy) is 1. The van der Waals surface area contributed by atoms with Gasteiger partial charge in [0.15, 0.2) is 5.75 Å². The maximum atomic E-state index is 13.9. The standard InChI is InChI=1S/C36H40N6O4/c1-27(43)38-30-16-14-28(15-17-30)26-42(33-12-5-6-13-34(33)46-32-11-7-8-29(24-32)25-37)36(45)19-18-35(44)39-41-22-20-40(21-23-41)31-9-3-2-4-10-31/h2-17,24H,18-23,25-26,37H2,1H3,(H,38,43)(H,39,44). The Morgan fingerprint density at radius 2 is 1.52 bits per heavy atom. The van der Waals surface area contributed by atoms with Crippen LogP contribution in [-0.4, -0.2) is 48.9 Å². The van der Waals surface area contributed by atoms with Gasteiger partial charge in [0.2, 0.25) is 17.7 Å². The van der Waals surface area contributed by atoms with E-state index >= 15 is 0 Å². The Kier molecular flexibility index (Phi) is 11.0. The number of hydrogen-bond donors (Lipinski definition) is 3. The minimum absolute atomic E-state index is 0.0107. The molecule has 3 amide bonds. The summed E-state index contributed by atoms with van der Waals surface area (Å²) in [6.07, 6.45) is 0.0497. The third-order valence-electron chi connectivity index (χ3n) is 7.68. The number of hydrazine groups is 1. The van der Waals surface area contributed by atoms with Crippen molar-refractivity contribution in [2.75, 3.05) is 41.3 Å². The molecule has 1 heterocycles. The summed E-state index contributed by atoms with van der Waals surface area (Å²) in [5, 5.41) is 4.68. The highest BCUT2D eigenvalue weighted by Gasteiger charge is 2.23. The molecule has 10 heteroatoms. The molecule has 10 nitrogen and oxygen atoms in total. The van der Waals surface area contributed by atoms with E-state index in [1.807, 2.05) is 83.9 Å². The molecule has 0 radical (unpaired) electrons. The zero-order chi connectivity index (χ0) is 32.3. The molecule has 1 aliphatic heterocycles. The van der Waals surface area contributed by atoms with Crippen molar-refractivity contribution in [3.8, 4) is 11.5 Å². The summed E-state index contributed by atoms with van der Waals surface area (Å²) in [4.78, 5) is 42.2. The van der Waals surface area contributed by atoms with Crippen LogP contribution in [0.25, 0.3) is 0 Å². The number of para-hydroxylation sites is 3. The molecule has 238 valence electrons. The molecule has 5 rings (SSSR count). The van der Waals surface area contributed by atoms with Crippen LogP contribution in [0.3, 0.4) is 0 Å². The number of carbonyl (C=O) groups is 3. The monoisotopic (exact) mass is 620 g/mol. The summed E-state index contributed by atoms with van der Waals surface area (Å²) in [5.41, 5.74) is 13.0. The first-order valence-electron chi connectivity index (χ1n) is 15.4. The lowest BCUT2D eigenvalue weighted by molar-refractivity contribution is -0.128. The van der Waals surface area contributed by atoms with Gasteiger partial charge in [0, 0.05) is 63.9 Å². The summed E-state index contributed by atoms with van der Waals surface area (Å²) in [7, 11) is 0. The van der Waals surface area contributed by atoms with Crippen LogP contribution in [0.1, 0.15) is 30.9 Å². The molecule has 46 heavy (non-hydrogen) atoms. The summed E-state index contributed by atoms with van der Waals surface area (Å²) in [5.74, 6) is 0.520. The second-order valence-corrected chi connectivity index (χ2v) is 11.1. The van der Waals surface area contributed by atoms with E-state index in [9.17, 15) is 14.4 Å². The Morgan fingerprint density at radius 3 is 2.24 bits per heavy atom. The molecule has 1 fully saturated rings. The highest BCUT2D eigenvalue weighted by molar-refractivity contribution is 5.96. The highest BCUT2D eigenvalue weighted by Crippen LogP contribution is 2.34. The fraction of sp³-hybridized carbons (Fsp3) is 0.250. The van der Waals surface area contributed by atoms with E-state index in [4.69, 9.17) is 10.5 Å². The molecule has 0 aliphatic carbocycles. The van der Waals surface area contributed by atoms with Crippen LogP contribution < -0.4 is 31.0 Å². The molecule has 0 aromatic heterocycles. The van der Waals surface area contributed by atoms with Gasteiger partial charge in [-0.25, -0.2) is 5.01 Å². The van der Waals surface area contributed by atoms with Crippen molar-refractivity contribution in [3.05, 3.63) is 114 Å². The Hall–Kier alpha value is -5.19. The van der Waals surface area contributed by atoms with E-state index in [0.717, 1.165) is 24.2 Å². The van der Waals surface area contributed by atoms with Gasteiger partial charge in [-0.1, -0.05) is 54.6 Å². The number of rotatable bonds is 12. The molecule has 1 aliphatic rings. The van der Waals surface area contributed by atoms with Crippen LogP contribution in [0.4, 0.5) is 17.1 Å². The van der Waals surface area contributed by atoms with E-state index in [1.54, 1.807) is 17.0 Å². The summed E-state index contributed by atoms with van der Waals surface area (Å²) < 4.78 is 6.26. The van der Waals surface area contributed by atoms with Gasteiger partial charge >= 0.3 is 0 Å². The highest BCUT2D eigenvalue weighted by atomic mass is 16.5. The van der Waals surface area contributed by atoms with Gasteiger partial charge in [0.05, 0.1) is 12.2 Å². The number of carbonyl (C=O) groups excluding carboxylic acids is 3. The lowest BCUT2D eigenvalue weighted by Crippen LogP contribution is -2.53. The second kappa shape index (κ2) is 15.7. The Bertz CT molecular complexity index is 1620. The van der Waals surface area contributed by atoms with E-state index < -0.39 is 0 Å². The van der Waals surface area contributed by atoms with Crippen molar-refractivity contribution in [2.24, 2.45) is 5.73 Å². The normalized spacial score (nSPS) is 13.1. The van der Waals surface area contributed by atoms with E-state index in [1.165, 1.54) is 12.6 Å². The maximum absolute atomic E-state index is 13.9.